The molecule has 72 valence electrons. The number of anilines is 1. The summed E-state index contributed by atoms with van der Waals surface area (Å²) < 4.78 is 0.862. The Balaban J connectivity index is 2.53. The Labute approximate surface area is 86.3 Å². The topological polar surface area (TPSA) is 45.1 Å². The number of hydrogen-bond acceptors (Lipinski definition) is 3. The summed E-state index contributed by atoms with van der Waals surface area (Å²) in [4.78, 5) is 4.27. The molecule has 1 aromatic heterocycles. The summed E-state index contributed by atoms with van der Waals surface area (Å²) in [6.45, 7) is 2.95. The van der Waals surface area contributed by atoms with Gasteiger partial charge in [0, 0.05) is 13.2 Å². The summed E-state index contributed by atoms with van der Waals surface area (Å²) in [5.41, 5.74) is 1.12. The molecule has 2 N–H and O–H groups in total. The van der Waals surface area contributed by atoms with Gasteiger partial charge >= 0.3 is 0 Å². The van der Waals surface area contributed by atoms with E-state index in [1.54, 1.807) is 0 Å². The average molecular weight is 245 g/mol. The standard InChI is InChI=1S/C9H13BrN2O/c1-7-3-4-8(12-9(7)10)11-5-2-6-13/h3-4,13H,2,5-6H2,1H3,(H,11,12). The van der Waals surface area contributed by atoms with E-state index < -0.39 is 0 Å². The Kier molecular flexibility index (Phi) is 4.18. The van der Waals surface area contributed by atoms with E-state index in [0.29, 0.717) is 0 Å². The van der Waals surface area contributed by atoms with Gasteiger partial charge in [0.25, 0.3) is 0 Å². The lowest BCUT2D eigenvalue weighted by atomic mass is 10.3. The molecule has 0 aromatic carbocycles. The van der Waals surface area contributed by atoms with Crippen LogP contribution in [0.1, 0.15) is 12.0 Å². The largest absolute Gasteiger partial charge is 0.396 e. The van der Waals surface area contributed by atoms with Gasteiger partial charge in [0.05, 0.1) is 0 Å². The Morgan fingerprint density at radius 1 is 1.54 bits per heavy atom. The molecule has 4 heteroatoms. The second-order valence-corrected chi connectivity index (χ2v) is 3.56. The van der Waals surface area contributed by atoms with Crippen LogP contribution in [0.25, 0.3) is 0 Å². The molecule has 0 amide bonds. The number of halogens is 1. The third kappa shape index (κ3) is 3.32. The van der Waals surface area contributed by atoms with Gasteiger partial charge in [0.15, 0.2) is 0 Å². The third-order valence-corrected chi connectivity index (χ3v) is 2.48. The van der Waals surface area contributed by atoms with Crippen LogP contribution in [0, 0.1) is 6.92 Å². The predicted octanol–water partition coefficient (Wildman–Crippen LogP) is 1.95. The van der Waals surface area contributed by atoms with E-state index in [-0.39, 0.29) is 6.61 Å². The van der Waals surface area contributed by atoms with Crippen molar-refractivity contribution >= 4 is 21.7 Å². The SMILES string of the molecule is Cc1ccc(NCCCO)nc1Br. The third-order valence-electron chi connectivity index (χ3n) is 1.68. The Morgan fingerprint density at radius 3 is 2.92 bits per heavy atom. The summed E-state index contributed by atoms with van der Waals surface area (Å²) in [7, 11) is 0. The molecule has 0 saturated carbocycles. The van der Waals surface area contributed by atoms with Crippen LogP contribution in [0.4, 0.5) is 5.82 Å². The summed E-state index contributed by atoms with van der Waals surface area (Å²) in [5.74, 6) is 0.839. The quantitative estimate of drug-likeness (QED) is 0.629. The fourth-order valence-corrected chi connectivity index (χ4v) is 1.22. The molecular formula is C9H13BrN2O. The van der Waals surface area contributed by atoms with E-state index in [1.165, 1.54) is 0 Å². The highest BCUT2D eigenvalue weighted by atomic mass is 79.9. The van der Waals surface area contributed by atoms with Crippen molar-refractivity contribution in [1.82, 2.24) is 4.98 Å². The molecule has 1 aromatic rings. The number of aryl methyl sites for hydroxylation is 1. The van der Waals surface area contributed by atoms with Crippen LogP contribution in [0.2, 0.25) is 0 Å². The number of nitrogens with zero attached hydrogens (tertiary/aromatic N) is 1. The first-order valence-corrected chi connectivity index (χ1v) is 5.01. The molecule has 0 fully saturated rings. The minimum atomic E-state index is 0.208. The minimum Gasteiger partial charge on any atom is -0.396 e. The first-order chi connectivity index (χ1) is 6.24. The summed E-state index contributed by atoms with van der Waals surface area (Å²) in [6.07, 6.45) is 0.743. The lowest BCUT2D eigenvalue weighted by Gasteiger charge is -2.05. The van der Waals surface area contributed by atoms with E-state index in [0.717, 1.165) is 29.0 Å². The molecule has 0 aliphatic heterocycles. The number of pyridine rings is 1. The zero-order valence-corrected chi connectivity index (χ0v) is 9.13. The monoisotopic (exact) mass is 244 g/mol. The van der Waals surface area contributed by atoms with E-state index in [1.807, 2.05) is 19.1 Å². The van der Waals surface area contributed by atoms with Gasteiger partial charge in [0.1, 0.15) is 10.4 Å². The van der Waals surface area contributed by atoms with Gasteiger partial charge in [-0.2, -0.15) is 0 Å². The lowest BCUT2D eigenvalue weighted by Crippen LogP contribution is -2.05. The van der Waals surface area contributed by atoms with E-state index in [9.17, 15) is 0 Å². The highest BCUT2D eigenvalue weighted by Crippen LogP contribution is 2.15. The lowest BCUT2D eigenvalue weighted by molar-refractivity contribution is 0.292. The number of rotatable bonds is 4. The van der Waals surface area contributed by atoms with Crippen LogP contribution in [0.3, 0.4) is 0 Å². The summed E-state index contributed by atoms with van der Waals surface area (Å²) in [6, 6.07) is 3.93. The Bertz CT molecular complexity index is 278. The van der Waals surface area contributed by atoms with Crippen molar-refractivity contribution in [2.75, 3.05) is 18.5 Å². The summed E-state index contributed by atoms with van der Waals surface area (Å²) >= 11 is 3.35. The van der Waals surface area contributed by atoms with E-state index in [2.05, 4.69) is 26.2 Å². The Hall–Kier alpha value is -0.610. The van der Waals surface area contributed by atoms with Crippen molar-refractivity contribution in [3.8, 4) is 0 Å². The molecule has 1 heterocycles. The fourth-order valence-electron chi connectivity index (χ4n) is 0.898. The molecular weight excluding hydrogens is 232 g/mol. The van der Waals surface area contributed by atoms with Crippen LogP contribution in [0.15, 0.2) is 16.7 Å². The number of aromatic nitrogens is 1. The highest BCUT2D eigenvalue weighted by Gasteiger charge is 1.97. The second-order valence-electron chi connectivity index (χ2n) is 2.81. The van der Waals surface area contributed by atoms with Crippen LogP contribution in [0.5, 0.6) is 0 Å². The smallest absolute Gasteiger partial charge is 0.127 e. The van der Waals surface area contributed by atoms with Crippen molar-refractivity contribution in [2.45, 2.75) is 13.3 Å². The van der Waals surface area contributed by atoms with Gasteiger partial charge < -0.3 is 10.4 Å². The normalized spacial score (nSPS) is 10.1. The van der Waals surface area contributed by atoms with Crippen molar-refractivity contribution in [3.05, 3.63) is 22.3 Å². The number of aliphatic hydroxyl groups excluding tert-OH is 1. The molecule has 0 aliphatic rings. The van der Waals surface area contributed by atoms with Gasteiger partial charge in [0.2, 0.25) is 0 Å². The summed E-state index contributed by atoms with van der Waals surface area (Å²) in [5, 5.41) is 11.7. The second kappa shape index (κ2) is 5.19. The number of aliphatic hydroxyl groups is 1. The average Bonchev–Trinajstić information content (AvgIpc) is 2.12. The van der Waals surface area contributed by atoms with Crippen molar-refractivity contribution < 1.29 is 5.11 Å². The molecule has 0 unspecified atom stereocenters. The van der Waals surface area contributed by atoms with E-state index >= 15 is 0 Å². The zero-order valence-electron chi connectivity index (χ0n) is 7.55. The first kappa shape index (κ1) is 10.5. The van der Waals surface area contributed by atoms with Crippen molar-refractivity contribution in [1.29, 1.82) is 0 Å². The van der Waals surface area contributed by atoms with Crippen molar-refractivity contribution in [2.24, 2.45) is 0 Å². The van der Waals surface area contributed by atoms with Gasteiger partial charge in [-0.15, -0.1) is 0 Å². The van der Waals surface area contributed by atoms with Crippen LogP contribution in [-0.4, -0.2) is 23.2 Å². The predicted molar refractivity (Wildman–Crippen MR) is 56.9 cm³/mol. The molecule has 1 rings (SSSR count). The van der Waals surface area contributed by atoms with Crippen LogP contribution >= 0.6 is 15.9 Å². The first-order valence-electron chi connectivity index (χ1n) is 4.22. The molecule has 0 bridgehead atoms. The molecule has 3 nitrogen and oxygen atoms in total. The van der Waals surface area contributed by atoms with Gasteiger partial charge in [-0.3, -0.25) is 0 Å². The number of hydrogen-bond donors (Lipinski definition) is 2. The van der Waals surface area contributed by atoms with Gasteiger partial charge in [-0.05, 0) is 40.9 Å². The van der Waals surface area contributed by atoms with Crippen molar-refractivity contribution in [3.63, 3.8) is 0 Å². The van der Waals surface area contributed by atoms with Gasteiger partial charge in [-0.1, -0.05) is 6.07 Å². The fraction of sp³-hybridized carbons (Fsp3) is 0.444. The molecule has 13 heavy (non-hydrogen) atoms. The maximum absolute atomic E-state index is 8.57. The van der Waals surface area contributed by atoms with Gasteiger partial charge in [-0.25, -0.2) is 4.98 Å². The van der Waals surface area contributed by atoms with Crippen LogP contribution in [-0.2, 0) is 0 Å². The molecule has 0 atom stereocenters. The molecule has 0 aliphatic carbocycles. The maximum atomic E-state index is 8.57. The Morgan fingerprint density at radius 2 is 2.31 bits per heavy atom. The van der Waals surface area contributed by atoms with Crippen LogP contribution < -0.4 is 5.32 Å². The molecule has 0 spiro atoms. The number of nitrogens with one attached hydrogen (secondary N) is 1. The molecule has 0 saturated heterocycles. The zero-order chi connectivity index (χ0) is 9.68. The highest BCUT2D eigenvalue weighted by molar-refractivity contribution is 9.10. The van der Waals surface area contributed by atoms with E-state index in [4.69, 9.17) is 5.11 Å². The maximum Gasteiger partial charge on any atom is 0.127 e. The minimum absolute atomic E-state index is 0.208. The molecule has 0 radical (unpaired) electrons.